The van der Waals surface area contributed by atoms with Crippen LogP contribution in [0, 0.1) is 0 Å². The minimum absolute atomic E-state index is 0.645. The molecular formula is C100H65N7. The molecule has 0 bridgehead atoms. The Morgan fingerprint density at radius 1 is 0.178 bits per heavy atom. The van der Waals surface area contributed by atoms with Crippen LogP contribution >= 0.6 is 0 Å². The fourth-order valence-corrected chi connectivity index (χ4v) is 16.7. The van der Waals surface area contributed by atoms with Gasteiger partial charge in [0.15, 0.2) is 11.6 Å². The first-order valence-corrected chi connectivity index (χ1v) is 36.7. The molecule has 0 radical (unpaired) electrons. The van der Waals surface area contributed by atoms with Crippen LogP contribution in [0.25, 0.3) is 195 Å². The van der Waals surface area contributed by atoms with Crippen molar-refractivity contribution < 1.29 is 0 Å². The van der Waals surface area contributed by atoms with E-state index in [4.69, 9.17) is 19.9 Å². The molecule has 5 heterocycles. The molecule has 0 saturated heterocycles. The quantitative estimate of drug-likeness (QED) is 0.115. The van der Waals surface area contributed by atoms with Gasteiger partial charge in [0.1, 0.15) is 0 Å². The van der Waals surface area contributed by atoms with Crippen LogP contribution in [0.3, 0.4) is 0 Å². The van der Waals surface area contributed by atoms with Crippen LogP contribution in [0.2, 0.25) is 0 Å². The van der Waals surface area contributed by atoms with E-state index in [0.29, 0.717) is 11.6 Å². The van der Waals surface area contributed by atoms with Crippen molar-refractivity contribution in [2.45, 2.75) is 12.8 Å². The Balaban J connectivity index is 0.844. The van der Waals surface area contributed by atoms with Crippen molar-refractivity contribution in [3.8, 4) is 129 Å². The van der Waals surface area contributed by atoms with Crippen LogP contribution in [0.15, 0.2) is 370 Å². The summed E-state index contributed by atoms with van der Waals surface area (Å²) in [6.45, 7) is 0. The molecule has 15 aromatic carbocycles. The van der Waals surface area contributed by atoms with Crippen LogP contribution in [-0.2, 0) is 12.8 Å². The lowest BCUT2D eigenvalue weighted by Crippen LogP contribution is -2.01. The summed E-state index contributed by atoms with van der Waals surface area (Å²) in [7, 11) is 0. The molecule has 1 aliphatic rings. The van der Waals surface area contributed by atoms with Crippen molar-refractivity contribution in [3.63, 3.8) is 0 Å². The van der Waals surface area contributed by atoms with Gasteiger partial charge >= 0.3 is 0 Å². The zero-order chi connectivity index (χ0) is 70.5. The Morgan fingerprint density at radius 3 is 0.720 bits per heavy atom. The van der Waals surface area contributed by atoms with Gasteiger partial charge in [-0.05, 0) is 172 Å². The number of hydrogen-bond donors (Lipinski definition) is 0. The molecule has 20 aromatic rings. The minimum atomic E-state index is 0.645. The van der Waals surface area contributed by atoms with Gasteiger partial charge in [0.25, 0.3) is 0 Å². The highest BCUT2D eigenvalue weighted by Gasteiger charge is 2.27. The number of aromatic nitrogens is 7. The molecule has 500 valence electrons. The summed E-state index contributed by atoms with van der Waals surface area (Å²) in [5.41, 5.74) is 30.7. The van der Waals surface area contributed by atoms with E-state index in [-0.39, 0.29) is 0 Å². The van der Waals surface area contributed by atoms with E-state index in [2.05, 4.69) is 384 Å². The van der Waals surface area contributed by atoms with E-state index in [1.807, 2.05) is 0 Å². The summed E-state index contributed by atoms with van der Waals surface area (Å²) in [6, 6.07) is 134. The third-order valence-electron chi connectivity index (χ3n) is 21.6. The lowest BCUT2D eigenvalue weighted by molar-refractivity contribution is 0.970. The third-order valence-corrected chi connectivity index (χ3v) is 21.6. The number of fused-ring (bicyclic) bond motifs is 6. The van der Waals surface area contributed by atoms with E-state index in [0.717, 1.165) is 164 Å². The SMILES string of the molecule is c1ccc(-c2cc(-c3ccccc3)cc(-n3c4cc(-c5cc(-c6nc(-c7ccccc7)cc(-c7ccccc7)n6)cc(-n6c7ccccc7c7ccccc76)c5)cc5c4c4c(cc(-c6cc(-c7nc(-c8ccccc8)cc(-c8ccccc8)n7)cc(-n7c8ccccc8c8ccccc87)c6)cc43)CC5)c2)cc1. The third kappa shape index (κ3) is 10.7. The predicted molar refractivity (Wildman–Crippen MR) is 442 cm³/mol. The van der Waals surface area contributed by atoms with Gasteiger partial charge in [0.2, 0.25) is 0 Å². The maximum absolute atomic E-state index is 5.52. The number of rotatable bonds is 13. The van der Waals surface area contributed by atoms with Gasteiger partial charge in [-0.25, -0.2) is 19.9 Å². The molecule has 7 nitrogen and oxygen atoms in total. The lowest BCUT2D eigenvalue weighted by atomic mass is 9.87. The van der Waals surface area contributed by atoms with Crippen molar-refractivity contribution in [2.24, 2.45) is 0 Å². The molecule has 0 amide bonds. The molecule has 21 rings (SSSR count). The number of hydrogen-bond acceptors (Lipinski definition) is 4. The molecule has 0 N–H and O–H groups in total. The topological polar surface area (TPSA) is 66.3 Å². The molecule has 0 aliphatic heterocycles. The minimum Gasteiger partial charge on any atom is -0.309 e. The predicted octanol–water partition coefficient (Wildman–Crippen LogP) is 25.3. The summed E-state index contributed by atoms with van der Waals surface area (Å²) in [5, 5.41) is 7.32. The summed E-state index contributed by atoms with van der Waals surface area (Å²) in [6.07, 6.45) is 1.66. The van der Waals surface area contributed by atoms with Gasteiger partial charge in [-0.2, -0.15) is 0 Å². The Labute approximate surface area is 618 Å². The maximum Gasteiger partial charge on any atom is 0.160 e. The second-order valence-corrected chi connectivity index (χ2v) is 28.1. The van der Waals surface area contributed by atoms with E-state index in [9.17, 15) is 0 Å². The van der Waals surface area contributed by atoms with Gasteiger partial charge in [-0.3, -0.25) is 0 Å². The smallest absolute Gasteiger partial charge is 0.160 e. The molecule has 107 heavy (non-hydrogen) atoms. The van der Waals surface area contributed by atoms with Crippen LogP contribution in [0.1, 0.15) is 11.1 Å². The number of nitrogens with zero attached hydrogens (tertiary/aromatic N) is 7. The van der Waals surface area contributed by atoms with Crippen LogP contribution < -0.4 is 0 Å². The molecule has 0 fully saturated rings. The van der Waals surface area contributed by atoms with Gasteiger partial charge in [0.05, 0.1) is 55.9 Å². The summed E-state index contributed by atoms with van der Waals surface area (Å²) < 4.78 is 7.45. The summed E-state index contributed by atoms with van der Waals surface area (Å²) >= 11 is 0. The average molecular weight is 1360 g/mol. The Morgan fingerprint density at radius 2 is 0.411 bits per heavy atom. The number of benzene rings is 15. The van der Waals surface area contributed by atoms with E-state index < -0.39 is 0 Å². The molecular weight excluding hydrogens is 1300 g/mol. The lowest BCUT2D eigenvalue weighted by Gasteiger charge is -2.18. The van der Waals surface area contributed by atoms with Gasteiger partial charge < -0.3 is 13.7 Å². The first-order valence-electron chi connectivity index (χ1n) is 36.7. The zero-order valence-corrected chi connectivity index (χ0v) is 58.3. The van der Waals surface area contributed by atoms with Crippen molar-refractivity contribution in [2.75, 3.05) is 0 Å². The number of para-hydroxylation sites is 4. The van der Waals surface area contributed by atoms with Crippen molar-refractivity contribution >= 4 is 65.4 Å². The number of aryl methyl sites for hydroxylation is 2. The summed E-state index contributed by atoms with van der Waals surface area (Å²) in [5.74, 6) is 1.29. The van der Waals surface area contributed by atoms with Gasteiger partial charge in [-0.1, -0.05) is 267 Å². The van der Waals surface area contributed by atoms with Crippen LogP contribution in [-0.4, -0.2) is 33.6 Å². The molecule has 0 spiro atoms. The summed E-state index contributed by atoms with van der Waals surface area (Å²) in [4.78, 5) is 22.1. The van der Waals surface area contributed by atoms with Crippen molar-refractivity contribution in [1.29, 1.82) is 0 Å². The van der Waals surface area contributed by atoms with Crippen molar-refractivity contribution in [3.05, 3.63) is 381 Å². The van der Waals surface area contributed by atoms with Gasteiger partial charge in [0, 0.05) is 82.8 Å². The van der Waals surface area contributed by atoms with E-state index in [1.165, 1.54) is 43.4 Å². The normalized spacial score (nSPS) is 12.0. The molecule has 0 unspecified atom stereocenters. The van der Waals surface area contributed by atoms with Crippen LogP contribution in [0.5, 0.6) is 0 Å². The van der Waals surface area contributed by atoms with Gasteiger partial charge in [-0.15, -0.1) is 0 Å². The molecule has 5 aromatic heterocycles. The van der Waals surface area contributed by atoms with Crippen molar-refractivity contribution in [1.82, 2.24) is 33.6 Å². The highest BCUT2D eigenvalue weighted by atomic mass is 15.0. The molecule has 0 atom stereocenters. The van der Waals surface area contributed by atoms with E-state index in [1.54, 1.807) is 0 Å². The molecule has 1 aliphatic carbocycles. The second kappa shape index (κ2) is 25.4. The maximum atomic E-state index is 5.52. The highest BCUT2D eigenvalue weighted by Crippen LogP contribution is 2.48. The first-order chi connectivity index (χ1) is 53.0. The molecule has 0 saturated carbocycles. The second-order valence-electron chi connectivity index (χ2n) is 28.1. The standard InChI is InChI=1S/C100H65N7/c1-7-27-64(28-8-1)72-51-73(65-29-9-2-10-30-65)55-80(54-72)107-95-60-76(74-52-78(58-81(56-74)105-91-43-23-19-39-83(91)84-40-20-24-44-92(84)105)99-101-87(66-31-11-3-12-32-66)62-88(102-99)67-33-13-4-14-34-67)49-70-47-48-71-50-77(61-96(107)98(71)97(70)95)75-53-79(59-82(57-75)106-93-45-25-21-41-85(93)86-42-22-26-46-94(86)106)100-103-89(68-35-15-5-16-36-68)63-90(104-100)69-37-17-6-18-38-69/h1-46,49-63H,47-48H2. The molecule has 7 heteroatoms. The fourth-order valence-electron chi connectivity index (χ4n) is 16.7. The Bertz CT molecular complexity index is 6270. The highest BCUT2D eigenvalue weighted by molar-refractivity contribution is 6.16. The van der Waals surface area contributed by atoms with E-state index >= 15 is 0 Å². The first kappa shape index (κ1) is 61.5. The monoisotopic (exact) mass is 1360 g/mol. The Hall–Kier alpha value is -14.1. The largest absolute Gasteiger partial charge is 0.309 e. The Kier molecular flexibility index (Phi) is 14.6. The fraction of sp³-hybridized carbons (Fsp3) is 0.0200. The zero-order valence-electron chi connectivity index (χ0n) is 58.3. The van der Waals surface area contributed by atoms with Crippen LogP contribution in [0.4, 0.5) is 0 Å². The average Bonchev–Trinajstić information content (AvgIpc) is 1.56.